The zero-order valence-corrected chi connectivity index (χ0v) is 16.3. The first-order valence-corrected chi connectivity index (χ1v) is 10.1. The van der Waals surface area contributed by atoms with Gasteiger partial charge in [0.15, 0.2) is 0 Å². The second kappa shape index (κ2) is 8.00. The van der Waals surface area contributed by atoms with Crippen molar-refractivity contribution in [3.63, 3.8) is 0 Å². The fraction of sp³-hybridized carbons (Fsp3) is 0.0500. The number of sulfonamides is 1. The molecular formula is C20H16ClFN2O3S. The van der Waals surface area contributed by atoms with Gasteiger partial charge in [0.1, 0.15) is 10.7 Å². The van der Waals surface area contributed by atoms with Crippen molar-refractivity contribution in [2.45, 2.75) is 11.8 Å². The summed E-state index contributed by atoms with van der Waals surface area (Å²) in [5.41, 5.74) is 1.47. The molecular weight excluding hydrogens is 403 g/mol. The Bertz CT molecular complexity index is 1150. The highest BCUT2D eigenvalue weighted by Gasteiger charge is 2.21. The van der Waals surface area contributed by atoms with Gasteiger partial charge < -0.3 is 5.32 Å². The zero-order valence-electron chi connectivity index (χ0n) is 14.7. The summed E-state index contributed by atoms with van der Waals surface area (Å²) >= 11 is 6.07. The number of carbonyl (C=O) groups excluding carboxylic acids is 1. The van der Waals surface area contributed by atoms with Gasteiger partial charge >= 0.3 is 0 Å². The monoisotopic (exact) mass is 418 g/mol. The van der Waals surface area contributed by atoms with E-state index in [-0.39, 0.29) is 21.2 Å². The van der Waals surface area contributed by atoms with Crippen molar-refractivity contribution in [1.82, 2.24) is 0 Å². The number of anilines is 2. The minimum absolute atomic E-state index is 0.0246. The summed E-state index contributed by atoms with van der Waals surface area (Å²) in [4.78, 5) is 12.2. The van der Waals surface area contributed by atoms with Gasteiger partial charge in [-0.2, -0.15) is 0 Å². The van der Waals surface area contributed by atoms with Crippen molar-refractivity contribution in [2.24, 2.45) is 0 Å². The van der Waals surface area contributed by atoms with Gasteiger partial charge in [-0.15, -0.1) is 0 Å². The number of benzene rings is 3. The molecule has 0 bridgehead atoms. The summed E-state index contributed by atoms with van der Waals surface area (Å²) in [6, 6.07) is 16.2. The highest BCUT2D eigenvalue weighted by atomic mass is 35.5. The summed E-state index contributed by atoms with van der Waals surface area (Å²) in [6.07, 6.45) is 0. The standard InChI is InChI=1S/C20H16ClFN2O3S/c1-13-5-2-3-8-18(13)24-28(26,27)19-11-14(9-10-17(19)21)20(25)23-16-7-4-6-15(22)12-16/h2-12,24H,1H3,(H,23,25). The van der Waals surface area contributed by atoms with E-state index in [2.05, 4.69) is 10.0 Å². The van der Waals surface area contributed by atoms with E-state index in [1.165, 1.54) is 36.4 Å². The van der Waals surface area contributed by atoms with E-state index in [0.29, 0.717) is 5.69 Å². The van der Waals surface area contributed by atoms with Gasteiger partial charge in [0.25, 0.3) is 15.9 Å². The Labute approximate surface area is 167 Å². The number of carbonyl (C=O) groups is 1. The third kappa shape index (κ3) is 4.49. The first-order chi connectivity index (χ1) is 13.3. The number of hydrogen-bond donors (Lipinski definition) is 2. The highest BCUT2D eigenvalue weighted by molar-refractivity contribution is 7.92. The van der Waals surface area contributed by atoms with Crippen LogP contribution >= 0.6 is 11.6 Å². The third-order valence-electron chi connectivity index (χ3n) is 3.95. The minimum atomic E-state index is -4.02. The molecule has 0 aliphatic carbocycles. The molecule has 5 nitrogen and oxygen atoms in total. The first kappa shape index (κ1) is 19.9. The quantitative estimate of drug-likeness (QED) is 0.622. The van der Waals surface area contributed by atoms with Gasteiger partial charge in [0.05, 0.1) is 10.7 Å². The Morgan fingerprint density at radius 1 is 1.00 bits per heavy atom. The maximum atomic E-state index is 13.3. The van der Waals surface area contributed by atoms with Crippen molar-refractivity contribution in [2.75, 3.05) is 10.0 Å². The molecule has 3 aromatic carbocycles. The number of rotatable bonds is 5. The lowest BCUT2D eigenvalue weighted by molar-refractivity contribution is 0.102. The van der Waals surface area contributed by atoms with Crippen LogP contribution < -0.4 is 10.0 Å². The Kier molecular flexibility index (Phi) is 5.67. The average molecular weight is 419 g/mol. The van der Waals surface area contributed by atoms with Crippen LogP contribution in [0.4, 0.5) is 15.8 Å². The lowest BCUT2D eigenvalue weighted by atomic mass is 10.2. The number of nitrogens with one attached hydrogen (secondary N) is 2. The Morgan fingerprint density at radius 2 is 1.75 bits per heavy atom. The molecule has 1 amide bonds. The normalized spacial score (nSPS) is 11.1. The molecule has 0 fully saturated rings. The lowest BCUT2D eigenvalue weighted by Gasteiger charge is -2.13. The summed E-state index contributed by atoms with van der Waals surface area (Å²) < 4.78 is 41.3. The van der Waals surface area contributed by atoms with Crippen LogP contribution in [0.1, 0.15) is 15.9 Å². The van der Waals surface area contributed by atoms with Crippen LogP contribution in [0.3, 0.4) is 0 Å². The molecule has 0 saturated carbocycles. The molecule has 3 aromatic rings. The van der Waals surface area contributed by atoms with Gasteiger partial charge in [0, 0.05) is 11.3 Å². The average Bonchev–Trinajstić information content (AvgIpc) is 2.63. The predicted molar refractivity (Wildman–Crippen MR) is 108 cm³/mol. The van der Waals surface area contributed by atoms with E-state index in [4.69, 9.17) is 11.6 Å². The summed E-state index contributed by atoms with van der Waals surface area (Å²) in [7, 11) is -4.02. The molecule has 8 heteroatoms. The zero-order chi connectivity index (χ0) is 20.3. The molecule has 0 radical (unpaired) electrons. The molecule has 28 heavy (non-hydrogen) atoms. The topological polar surface area (TPSA) is 75.3 Å². The summed E-state index contributed by atoms with van der Waals surface area (Å²) in [6.45, 7) is 1.77. The molecule has 0 aliphatic heterocycles. The number of amides is 1. The first-order valence-electron chi connectivity index (χ1n) is 8.21. The Balaban J connectivity index is 1.90. The fourth-order valence-electron chi connectivity index (χ4n) is 2.51. The SMILES string of the molecule is Cc1ccccc1NS(=O)(=O)c1cc(C(=O)Nc2cccc(F)c2)ccc1Cl. The smallest absolute Gasteiger partial charge is 0.263 e. The van der Waals surface area contributed by atoms with Crippen LogP contribution in [0.15, 0.2) is 71.6 Å². The van der Waals surface area contributed by atoms with Gasteiger partial charge in [-0.1, -0.05) is 35.9 Å². The van der Waals surface area contributed by atoms with Crippen LogP contribution in [0.2, 0.25) is 5.02 Å². The van der Waals surface area contributed by atoms with Crippen molar-refractivity contribution in [3.05, 3.63) is 88.7 Å². The third-order valence-corrected chi connectivity index (χ3v) is 5.80. The maximum absolute atomic E-state index is 13.3. The second-order valence-electron chi connectivity index (χ2n) is 6.03. The molecule has 144 valence electrons. The minimum Gasteiger partial charge on any atom is -0.322 e. The molecule has 0 heterocycles. The van der Waals surface area contributed by atoms with Crippen LogP contribution in [0.25, 0.3) is 0 Å². The van der Waals surface area contributed by atoms with Gasteiger partial charge in [-0.3, -0.25) is 9.52 Å². The Morgan fingerprint density at radius 3 is 2.46 bits per heavy atom. The summed E-state index contributed by atoms with van der Waals surface area (Å²) in [5, 5.41) is 2.49. The van der Waals surface area contributed by atoms with Gasteiger partial charge in [-0.05, 0) is 55.0 Å². The predicted octanol–water partition coefficient (Wildman–Crippen LogP) is 4.84. The number of para-hydroxylation sites is 1. The summed E-state index contributed by atoms with van der Waals surface area (Å²) in [5.74, 6) is -1.09. The lowest BCUT2D eigenvalue weighted by Crippen LogP contribution is -2.17. The molecule has 0 saturated heterocycles. The largest absolute Gasteiger partial charge is 0.322 e. The number of hydrogen-bond acceptors (Lipinski definition) is 3. The van der Waals surface area contributed by atoms with Crippen LogP contribution in [-0.4, -0.2) is 14.3 Å². The van der Waals surface area contributed by atoms with E-state index in [0.717, 1.165) is 11.6 Å². The molecule has 0 aliphatic rings. The van der Waals surface area contributed by atoms with E-state index >= 15 is 0 Å². The second-order valence-corrected chi connectivity index (χ2v) is 8.09. The molecule has 0 spiro atoms. The van der Waals surface area contributed by atoms with Crippen molar-refractivity contribution in [1.29, 1.82) is 0 Å². The van der Waals surface area contributed by atoms with Crippen LogP contribution in [-0.2, 0) is 10.0 Å². The van der Waals surface area contributed by atoms with Crippen molar-refractivity contribution < 1.29 is 17.6 Å². The van der Waals surface area contributed by atoms with Crippen molar-refractivity contribution in [3.8, 4) is 0 Å². The van der Waals surface area contributed by atoms with Gasteiger partial charge in [-0.25, -0.2) is 12.8 Å². The molecule has 3 rings (SSSR count). The molecule has 0 unspecified atom stereocenters. The van der Waals surface area contributed by atoms with Crippen LogP contribution in [0.5, 0.6) is 0 Å². The number of halogens is 2. The van der Waals surface area contributed by atoms with E-state index in [9.17, 15) is 17.6 Å². The van der Waals surface area contributed by atoms with E-state index in [1.54, 1.807) is 31.2 Å². The maximum Gasteiger partial charge on any atom is 0.263 e. The number of aryl methyl sites for hydroxylation is 1. The Hall–Kier alpha value is -2.90. The molecule has 0 atom stereocenters. The van der Waals surface area contributed by atoms with Gasteiger partial charge in [0.2, 0.25) is 0 Å². The molecule has 0 aromatic heterocycles. The van der Waals surface area contributed by atoms with E-state index in [1.807, 2.05) is 0 Å². The van der Waals surface area contributed by atoms with Crippen LogP contribution in [0, 0.1) is 12.7 Å². The van der Waals surface area contributed by atoms with E-state index < -0.39 is 21.7 Å². The highest BCUT2D eigenvalue weighted by Crippen LogP contribution is 2.26. The fourth-order valence-corrected chi connectivity index (χ4v) is 4.16. The van der Waals surface area contributed by atoms with Crippen molar-refractivity contribution >= 4 is 38.9 Å². The molecule has 2 N–H and O–H groups in total.